The lowest BCUT2D eigenvalue weighted by molar-refractivity contribution is -0.350. The number of hydrogen-bond acceptors (Lipinski definition) is 5. The molecule has 218 valence electrons. The summed E-state index contributed by atoms with van der Waals surface area (Å²) in [6, 6.07) is 10.1. The van der Waals surface area contributed by atoms with Crippen molar-refractivity contribution in [1.82, 2.24) is 0 Å². The lowest BCUT2D eigenvalue weighted by Crippen LogP contribution is -2.58. The zero-order chi connectivity index (χ0) is 28.7. The van der Waals surface area contributed by atoms with E-state index < -0.39 is 20.2 Å². The second-order valence-electron chi connectivity index (χ2n) is 12.7. The number of aliphatic hydroxyl groups is 1. The summed E-state index contributed by atoms with van der Waals surface area (Å²) in [6.45, 7) is 24.9. The van der Waals surface area contributed by atoms with Crippen molar-refractivity contribution in [1.29, 1.82) is 0 Å². The van der Waals surface area contributed by atoms with Crippen LogP contribution in [-0.4, -0.2) is 50.2 Å². The summed E-state index contributed by atoms with van der Waals surface area (Å²) in [5.41, 5.74) is 2.80. The summed E-state index contributed by atoms with van der Waals surface area (Å²) in [6.07, 6.45) is 4.60. The minimum Gasteiger partial charge on any atom is -0.413 e. The molecule has 2 rings (SSSR count). The van der Waals surface area contributed by atoms with E-state index in [9.17, 15) is 5.11 Å². The van der Waals surface area contributed by atoms with Crippen LogP contribution in [-0.2, 0) is 25.2 Å². The average Bonchev–Trinajstić information content (AvgIpc) is 2.85. The molecular weight excluding hydrogens is 492 g/mol. The van der Waals surface area contributed by atoms with Crippen LogP contribution >= 0.6 is 0 Å². The molecule has 1 N–H and O–H groups in total. The molecule has 1 saturated heterocycles. The second-order valence-corrected chi connectivity index (χ2v) is 18.1. The Labute approximate surface area is 234 Å². The van der Waals surface area contributed by atoms with Crippen molar-refractivity contribution in [3.63, 3.8) is 0 Å². The van der Waals surface area contributed by atoms with Crippen molar-refractivity contribution in [2.24, 2.45) is 11.8 Å². The molecule has 6 heteroatoms. The predicted molar refractivity (Wildman–Crippen MR) is 160 cm³/mol. The van der Waals surface area contributed by atoms with Crippen LogP contribution in [0, 0.1) is 11.8 Å². The third-order valence-corrected chi connectivity index (χ3v) is 14.6. The number of benzene rings is 1. The van der Waals surface area contributed by atoms with E-state index in [-0.39, 0.29) is 30.8 Å². The molecule has 0 amide bonds. The zero-order valence-electron chi connectivity index (χ0n) is 25.9. The van der Waals surface area contributed by atoms with Gasteiger partial charge in [-0.15, -0.1) is 0 Å². The molecule has 0 aliphatic carbocycles. The van der Waals surface area contributed by atoms with Crippen molar-refractivity contribution in [3.8, 4) is 0 Å². The monoisotopic (exact) mass is 548 g/mol. The molecule has 0 spiro atoms. The van der Waals surface area contributed by atoms with Crippen LogP contribution in [0.25, 0.3) is 0 Å². The smallest absolute Gasteiger partial charge is 0.200 e. The maximum atomic E-state index is 10.1. The third-order valence-electron chi connectivity index (χ3n) is 8.36. The van der Waals surface area contributed by atoms with E-state index in [1.807, 2.05) is 44.2 Å². The number of aliphatic hydroxyl groups excluding tert-OH is 1. The SMILES string of the molecule is CC(C)[Si](O[C@@H](C)[C@H](C)/C=C/C[C@@H](C)[C@H]1OC(C)(C)O[C@@H](CO)[C@@H]1OCc1ccccc1)(C(C)C)C(C)C. The molecule has 1 aromatic carbocycles. The highest BCUT2D eigenvalue weighted by molar-refractivity contribution is 6.77. The molecule has 1 aliphatic rings. The molecule has 0 bridgehead atoms. The van der Waals surface area contributed by atoms with Crippen LogP contribution in [0.15, 0.2) is 42.5 Å². The van der Waals surface area contributed by atoms with Gasteiger partial charge in [-0.25, -0.2) is 0 Å². The minimum absolute atomic E-state index is 0.107. The lowest BCUT2D eigenvalue weighted by Gasteiger charge is -2.47. The van der Waals surface area contributed by atoms with Gasteiger partial charge in [-0.3, -0.25) is 0 Å². The fourth-order valence-corrected chi connectivity index (χ4v) is 11.9. The molecule has 1 heterocycles. The van der Waals surface area contributed by atoms with E-state index in [0.29, 0.717) is 29.1 Å². The Hall–Kier alpha value is -1.02. The fraction of sp³-hybridized carbons (Fsp3) is 0.750. The first-order chi connectivity index (χ1) is 17.7. The van der Waals surface area contributed by atoms with Crippen LogP contribution in [0.5, 0.6) is 0 Å². The van der Waals surface area contributed by atoms with Crippen LogP contribution < -0.4 is 0 Å². The van der Waals surface area contributed by atoms with Gasteiger partial charge in [0, 0.05) is 6.10 Å². The number of allylic oxidation sites excluding steroid dienone is 1. The number of ether oxygens (including phenoxy) is 3. The van der Waals surface area contributed by atoms with Gasteiger partial charge in [-0.2, -0.15) is 0 Å². The van der Waals surface area contributed by atoms with Gasteiger partial charge in [-0.05, 0) is 61.2 Å². The topological polar surface area (TPSA) is 57.2 Å². The van der Waals surface area contributed by atoms with Gasteiger partial charge in [-0.1, -0.05) is 97.9 Å². The number of rotatable bonds is 14. The Morgan fingerprint density at radius 1 is 0.921 bits per heavy atom. The van der Waals surface area contributed by atoms with Crippen molar-refractivity contribution in [2.45, 2.75) is 136 Å². The molecule has 6 atom stereocenters. The summed E-state index contributed by atoms with van der Waals surface area (Å²) in [7, 11) is -1.92. The summed E-state index contributed by atoms with van der Waals surface area (Å²) in [5, 5.41) is 10.1. The molecule has 0 saturated carbocycles. The normalized spacial score (nSPS) is 24.9. The Morgan fingerprint density at radius 2 is 1.50 bits per heavy atom. The lowest BCUT2D eigenvalue weighted by atomic mass is 9.91. The van der Waals surface area contributed by atoms with Crippen molar-refractivity contribution in [3.05, 3.63) is 48.0 Å². The largest absolute Gasteiger partial charge is 0.413 e. The summed E-state index contributed by atoms with van der Waals surface area (Å²) < 4.78 is 25.8. The van der Waals surface area contributed by atoms with Crippen molar-refractivity contribution < 1.29 is 23.7 Å². The van der Waals surface area contributed by atoms with E-state index in [0.717, 1.165) is 12.0 Å². The van der Waals surface area contributed by atoms with Gasteiger partial charge in [0.2, 0.25) is 8.32 Å². The number of hydrogen-bond donors (Lipinski definition) is 1. The molecule has 1 fully saturated rings. The third kappa shape index (κ3) is 8.49. The van der Waals surface area contributed by atoms with Crippen LogP contribution in [0.2, 0.25) is 16.6 Å². The molecule has 1 aliphatic heterocycles. The second kappa shape index (κ2) is 14.6. The molecular formula is C32H56O5Si. The quantitative estimate of drug-likeness (QED) is 0.189. The van der Waals surface area contributed by atoms with E-state index >= 15 is 0 Å². The van der Waals surface area contributed by atoms with Crippen LogP contribution in [0.4, 0.5) is 0 Å². The highest BCUT2D eigenvalue weighted by Gasteiger charge is 2.47. The maximum Gasteiger partial charge on any atom is 0.200 e. The molecule has 0 unspecified atom stereocenters. The van der Waals surface area contributed by atoms with Crippen LogP contribution in [0.3, 0.4) is 0 Å². The molecule has 5 nitrogen and oxygen atoms in total. The predicted octanol–water partition coefficient (Wildman–Crippen LogP) is 7.88. The van der Waals surface area contributed by atoms with E-state index in [1.54, 1.807) is 0 Å². The van der Waals surface area contributed by atoms with Gasteiger partial charge in [0.1, 0.15) is 12.2 Å². The van der Waals surface area contributed by atoms with Gasteiger partial charge in [0.05, 0.1) is 19.3 Å². The first kappa shape index (κ1) is 33.2. The minimum atomic E-state index is -1.92. The first-order valence-electron chi connectivity index (χ1n) is 14.7. The summed E-state index contributed by atoms with van der Waals surface area (Å²) in [4.78, 5) is 0. The molecule has 1 aromatic rings. The Bertz CT molecular complexity index is 816. The van der Waals surface area contributed by atoms with Gasteiger partial charge < -0.3 is 23.7 Å². The molecule has 38 heavy (non-hydrogen) atoms. The van der Waals surface area contributed by atoms with Crippen LogP contribution in [0.1, 0.15) is 88.1 Å². The van der Waals surface area contributed by atoms with Gasteiger partial charge in [0.25, 0.3) is 0 Å². The van der Waals surface area contributed by atoms with E-state index in [1.165, 1.54) is 0 Å². The highest BCUT2D eigenvalue weighted by atomic mass is 28.4. The Kier molecular flexibility index (Phi) is 12.7. The highest BCUT2D eigenvalue weighted by Crippen LogP contribution is 2.43. The maximum absolute atomic E-state index is 10.1. The zero-order valence-corrected chi connectivity index (χ0v) is 26.9. The molecule has 0 aromatic heterocycles. The van der Waals surface area contributed by atoms with Crippen molar-refractivity contribution in [2.75, 3.05) is 6.61 Å². The van der Waals surface area contributed by atoms with E-state index in [2.05, 4.69) is 74.5 Å². The van der Waals surface area contributed by atoms with E-state index in [4.69, 9.17) is 18.6 Å². The standard InChI is InChI=1S/C32H56O5Si/c1-22(2)38(23(3)4,24(5)6)37-27(9)25(7)16-15-17-26(8)30-31(29(20-33)35-32(10,11)36-30)34-21-28-18-13-12-14-19-28/h12-16,18-19,22-27,29-31,33H,17,20-21H2,1-11H3/b16-15+/t25-,26-,27+,29+,30-,31+/m1/s1. The molecule has 0 radical (unpaired) electrons. The Balaban J connectivity index is 2.10. The fourth-order valence-electron chi connectivity index (χ4n) is 6.25. The van der Waals surface area contributed by atoms with Gasteiger partial charge >= 0.3 is 0 Å². The van der Waals surface area contributed by atoms with Gasteiger partial charge in [0.15, 0.2) is 5.79 Å². The summed E-state index contributed by atoms with van der Waals surface area (Å²) in [5.74, 6) is -0.285. The average molecular weight is 549 g/mol. The van der Waals surface area contributed by atoms with Crippen molar-refractivity contribution >= 4 is 8.32 Å². The first-order valence-corrected chi connectivity index (χ1v) is 16.9. The summed E-state index contributed by atoms with van der Waals surface area (Å²) >= 11 is 0. The Morgan fingerprint density at radius 3 is 2.03 bits per heavy atom.